The van der Waals surface area contributed by atoms with Crippen molar-refractivity contribution in [1.82, 2.24) is 4.90 Å². The Labute approximate surface area is 113 Å². The summed E-state index contributed by atoms with van der Waals surface area (Å²) in [6, 6.07) is 8.07. The van der Waals surface area contributed by atoms with Gasteiger partial charge in [-0.1, -0.05) is 11.6 Å². The Balaban J connectivity index is 1.90. The van der Waals surface area contributed by atoms with Crippen molar-refractivity contribution in [2.24, 2.45) is 0 Å². The van der Waals surface area contributed by atoms with Crippen molar-refractivity contribution in [2.45, 2.75) is 25.8 Å². The SMILES string of the molecule is CC(CNc1ccc(C#N)c(Cl)c1)N1CCCC1. The minimum atomic E-state index is 0.510. The molecule has 4 heteroatoms. The number of halogens is 1. The molecule has 1 atom stereocenters. The quantitative estimate of drug-likeness (QED) is 0.907. The lowest BCUT2D eigenvalue weighted by atomic mass is 10.2. The van der Waals surface area contributed by atoms with Crippen LogP contribution in [0.15, 0.2) is 18.2 Å². The molecule has 1 unspecified atom stereocenters. The van der Waals surface area contributed by atoms with Crippen LogP contribution in [0.4, 0.5) is 5.69 Å². The molecule has 1 N–H and O–H groups in total. The van der Waals surface area contributed by atoms with Crippen LogP contribution in [0.5, 0.6) is 0 Å². The molecule has 0 radical (unpaired) electrons. The highest BCUT2D eigenvalue weighted by molar-refractivity contribution is 6.32. The molecule has 1 aromatic carbocycles. The molecule has 2 rings (SSSR count). The molecule has 1 fully saturated rings. The zero-order valence-electron chi connectivity index (χ0n) is 10.6. The third-order valence-electron chi connectivity index (χ3n) is 3.46. The van der Waals surface area contributed by atoms with Gasteiger partial charge in [-0.2, -0.15) is 5.26 Å². The topological polar surface area (TPSA) is 39.1 Å². The molecule has 1 aromatic rings. The minimum absolute atomic E-state index is 0.510. The van der Waals surface area contributed by atoms with Crippen LogP contribution in [0.3, 0.4) is 0 Å². The number of hydrogen-bond acceptors (Lipinski definition) is 3. The Morgan fingerprint density at radius 3 is 2.78 bits per heavy atom. The molecular weight excluding hydrogens is 246 g/mol. The first-order valence-electron chi connectivity index (χ1n) is 6.38. The summed E-state index contributed by atoms with van der Waals surface area (Å²) in [6.07, 6.45) is 2.63. The van der Waals surface area contributed by atoms with Crippen LogP contribution in [0.2, 0.25) is 5.02 Å². The van der Waals surface area contributed by atoms with Crippen LogP contribution >= 0.6 is 11.6 Å². The van der Waals surface area contributed by atoms with E-state index in [9.17, 15) is 0 Å². The Morgan fingerprint density at radius 2 is 2.17 bits per heavy atom. The van der Waals surface area contributed by atoms with E-state index in [1.54, 1.807) is 6.07 Å². The molecule has 96 valence electrons. The van der Waals surface area contributed by atoms with Gasteiger partial charge in [0.05, 0.1) is 10.6 Å². The normalized spacial score (nSPS) is 17.4. The molecule has 1 aliphatic heterocycles. The monoisotopic (exact) mass is 263 g/mol. The largest absolute Gasteiger partial charge is 0.383 e. The summed E-state index contributed by atoms with van der Waals surface area (Å²) >= 11 is 6.00. The molecule has 0 spiro atoms. The zero-order valence-corrected chi connectivity index (χ0v) is 11.4. The lowest BCUT2D eigenvalue weighted by molar-refractivity contribution is 0.269. The maximum absolute atomic E-state index is 8.81. The molecule has 1 heterocycles. The van der Waals surface area contributed by atoms with Gasteiger partial charge in [0, 0.05) is 18.3 Å². The Kier molecular flexibility index (Phi) is 4.46. The third-order valence-corrected chi connectivity index (χ3v) is 3.77. The van der Waals surface area contributed by atoms with E-state index < -0.39 is 0 Å². The van der Waals surface area contributed by atoms with Crippen molar-refractivity contribution < 1.29 is 0 Å². The van der Waals surface area contributed by atoms with Gasteiger partial charge in [0.1, 0.15) is 6.07 Å². The van der Waals surface area contributed by atoms with Crippen molar-refractivity contribution >= 4 is 17.3 Å². The molecular formula is C14H18ClN3. The summed E-state index contributed by atoms with van der Waals surface area (Å²) in [5.74, 6) is 0. The second-order valence-corrected chi connectivity index (χ2v) is 5.19. The van der Waals surface area contributed by atoms with Crippen LogP contribution in [0, 0.1) is 11.3 Å². The first kappa shape index (κ1) is 13.2. The van der Waals surface area contributed by atoms with Gasteiger partial charge in [0.2, 0.25) is 0 Å². The van der Waals surface area contributed by atoms with Gasteiger partial charge in [-0.3, -0.25) is 4.90 Å². The summed E-state index contributed by atoms with van der Waals surface area (Å²) in [4.78, 5) is 2.50. The maximum atomic E-state index is 8.81. The average molecular weight is 264 g/mol. The third kappa shape index (κ3) is 3.16. The Bertz CT molecular complexity index is 447. The number of anilines is 1. The summed E-state index contributed by atoms with van der Waals surface area (Å²) in [5.41, 5.74) is 1.50. The van der Waals surface area contributed by atoms with Crippen molar-refractivity contribution in [3.05, 3.63) is 28.8 Å². The standard InChI is InChI=1S/C14H18ClN3/c1-11(18-6-2-3-7-18)10-17-13-5-4-12(9-16)14(15)8-13/h4-5,8,11,17H,2-3,6-7,10H2,1H3. The lowest BCUT2D eigenvalue weighted by Crippen LogP contribution is -2.35. The van der Waals surface area contributed by atoms with Crippen molar-refractivity contribution in [1.29, 1.82) is 5.26 Å². The molecule has 0 bridgehead atoms. The number of nitrogens with zero attached hydrogens (tertiary/aromatic N) is 2. The fraction of sp³-hybridized carbons (Fsp3) is 0.500. The Morgan fingerprint density at radius 1 is 1.44 bits per heavy atom. The van der Waals surface area contributed by atoms with E-state index >= 15 is 0 Å². The number of nitriles is 1. The molecule has 0 aliphatic carbocycles. The van der Waals surface area contributed by atoms with Crippen LogP contribution in [0.25, 0.3) is 0 Å². The minimum Gasteiger partial charge on any atom is -0.383 e. The number of likely N-dealkylation sites (tertiary alicyclic amines) is 1. The molecule has 0 saturated carbocycles. The van der Waals surface area contributed by atoms with Crippen LogP contribution in [-0.4, -0.2) is 30.6 Å². The summed E-state index contributed by atoms with van der Waals surface area (Å²) in [7, 11) is 0. The summed E-state index contributed by atoms with van der Waals surface area (Å²) in [5, 5.41) is 12.7. The summed E-state index contributed by atoms with van der Waals surface area (Å²) in [6.45, 7) is 5.56. The molecule has 0 amide bonds. The van der Waals surface area contributed by atoms with E-state index in [0.717, 1.165) is 12.2 Å². The second-order valence-electron chi connectivity index (χ2n) is 4.78. The molecule has 3 nitrogen and oxygen atoms in total. The van der Waals surface area contributed by atoms with E-state index in [0.29, 0.717) is 16.6 Å². The van der Waals surface area contributed by atoms with Crippen LogP contribution in [-0.2, 0) is 0 Å². The molecule has 0 aromatic heterocycles. The van der Waals surface area contributed by atoms with Gasteiger partial charge in [-0.15, -0.1) is 0 Å². The highest BCUT2D eigenvalue weighted by Crippen LogP contribution is 2.20. The average Bonchev–Trinajstić information content (AvgIpc) is 2.90. The zero-order chi connectivity index (χ0) is 13.0. The number of benzene rings is 1. The highest BCUT2D eigenvalue weighted by Gasteiger charge is 2.17. The predicted octanol–water partition coefficient (Wildman–Crippen LogP) is 3.11. The van der Waals surface area contributed by atoms with Crippen LogP contribution < -0.4 is 5.32 Å². The number of nitrogens with one attached hydrogen (secondary N) is 1. The van der Waals surface area contributed by atoms with Gasteiger partial charge in [-0.05, 0) is 51.1 Å². The Hall–Kier alpha value is -1.24. The first-order valence-corrected chi connectivity index (χ1v) is 6.76. The van der Waals surface area contributed by atoms with E-state index in [1.807, 2.05) is 12.1 Å². The van der Waals surface area contributed by atoms with Gasteiger partial charge in [0.25, 0.3) is 0 Å². The maximum Gasteiger partial charge on any atom is 0.101 e. The summed E-state index contributed by atoms with van der Waals surface area (Å²) < 4.78 is 0. The van der Waals surface area contributed by atoms with Gasteiger partial charge >= 0.3 is 0 Å². The van der Waals surface area contributed by atoms with Crippen molar-refractivity contribution in [3.63, 3.8) is 0 Å². The van der Waals surface area contributed by atoms with Gasteiger partial charge in [0.15, 0.2) is 0 Å². The van der Waals surface area contributed by atoms with Gasteiger partial charge in [-0.25, -0.2) is 0 Å². The van der Waals surface area contributed by atoms with Crippen molar-refractivity contribution in [3.8, 4) is 6.07 Å². The molecule has 18 heavy (non-hydrogen) atoms. The number of hydrogen-bond donors (Lipinski definition) is 1. The smallest absolute Gasteiger partial charge is 0.101 e. The van der Waals surface area contributed by atoms with E-state index in [2.05, 4.69) is 23.2 Å². The first-order chi connectivity index (χ1) is 8.70. The fourth-order valence-electron chi connectivity index (χ4n) is 2.29. The number of rotatable bonds is 4. The predicted molar refractivity (Wildman–Crippen MR) is 74.9 cm³/mol. The highest BCUT2D eigenvalue weighted by atomic mass is 35.5. The second kappa shape index (κ2) is 6.08. The van der Waals surface area contributed by atoms with E-state index in [1.165, 1.54) is 25.9 Å². The van der Waals surface area contributed by atoms with E-state index in [-0.39, 0.29) is 0 Å². The van der Waals surface area contributed by atoms with E-state index in [4.69, 9.17) is 16.9 Å². The van der Waals surface area contributed by atoms with Gasteiger partial charge < -0.3 is 5.32 Å². The molecule has 1 saturated heterocycles. The van der Waals surface area contributed by atoms with Crippen molar-refractivity contribution in [2.75, 3.05) is 25.0 Å². The molecule has 1 aliphatic rings. The van der Waals surface area contributed by atoms with Crippen LogP contribution in [0.1, 0.15) is 25.3 Å². The lowest BCUT2D eigenvalue weighted by Gasteiger charge is -2.24. The fourth-order valence-corrected chi connectivity index (χ4v) is 2.52.